The molecule has 0 spiro atoms. The normalized spacial score (nSPS) is 17.7. The van der Waals surface area contributed by atoms with Crippen LogP contribution in [0.5, 0.6) is 0 Å². The Morgan fingerprint density at radius 1 is 0.897 bits per heavy atom. The zero-order valence-corrected chi connectivity index (χ0v) is 37.4. The number of halogens is 2. The van der Waals surface area contributed by atoms with E-state index in [4.69, 9.17) is 15.2 Å². The third-order valence-corrected chi connectivity index (χ3v) is 12.0. The maximum atomic E-state index is 15.4. The first-order valence-corrected chi connectivity index (χ1v) is 22.4. The first-order chi connectivity index (χ1) is 32.8. The second kappa shape index (κ2) is 22.6. The number of fused-ring (bicyclic) bond motifs is 1. The number of primary amides is 1. The van der Waals surface area contributed by atoms with Crippen molar-refractivity contribution in [1.82, 2.24) is 40.3 Å². The van der Waals surface area contributed by atoms with Crippen LogP contribution in [-0.2, 0) is 38.7 Å². The number of carboxylic acids is 1. The highest BCUT2D eigenvalue weighted by molar-refractivity contribution is 6.18. The number of benzene rings is 3. The van der Waals surface area contributed by atoms with Crippen LogP contribution in [0.1, 0.15) is 54.2 Å². The van der Waals surface area contributed by atoms with E-state index >= 15 is 4.39 Å². The van der Waals surface area contributed by atoms with E-state index in [-0.39, 0.29) is 50.2 Å². The van der Waals surface area contributed by atoms with Crippen LogP contribution in [0.3, 0.4) is 0 Å². The number of nitrogens with zero attached hydrogens (tertiary/aromatic N) is 6. The van der Waals surface area contributed by atoms with Crippen LogP contribution < -0.4 is 21.7 Å². The lowest BCUT2D eigenvalue weighted by Crippen LogP contribution is -2.50. The van der Waals surface area contributed by atoms with Crippen LogP contribution in [0, 0.1) is 11.7 Å². The van der Waals surface area contributed by atoms with Crippen LogP contribution in [-0.4, -0.2) is 117 Å². The number of carbonyl (C=O) groups excluding carboxylic acids is 4. The summed E-state index contributed by atoms with van der Waals surface area (Å²) in [4.78, 5) is 67.1. The molecule has 1 fully saturated rings. The number of hydrogen-bond acceptors (Lipinski definition) is 12. The summed E-state index contributed by atoms with van der Waals surface area (Å²) in [5.74, 6) is -3.91. The molecule has 1 aliphatic carbocycles. The summed E-state index contributed by atoms with van der Waals surface area (Å²) < 4.78 is 42.0. The van der Waals surface area contributed by atoms with E-state index in [9.17, 15) is 33.5 Å². The average Bonchev–Trinajstić information content (AvgIpc) is 3.84. The molecule has 68 heavy (non-hydrogen) atoms. The number of allylic oxidation sites excluding steroid dienone is 1. The summed E-state index contributed by atoms with van der Waals surface area (Å²) in [7, 11) is 0. The minimum atomic E-state index is -1.35. The van der Waals surface area contributed by atoms with E-state index in [2.05, 4.69) is 26.3 Å². The smallest absolute Gasteiger partial charge is 0.410 e. The number of Topliss-reactive ketones (excluding diaryl/α,β-unsaturated/α-hetero) is 1. The van der Waals surface area contributed by atoms with Crippen LogP contribution in [0.25, 0.3) is 0 Å². The maximum Gasteiger partial charge on any atom is 0.410 e. The molecule has 7 rings (SSSR count). The number of aliphatic carboxylic acids is 1. The SMILES string of the molecule is CCN1C=C(C(=O)O)C(=O)C2C=C(F)C(N3CCN(C(=O)OCc4ccc(NC[C@H](CCCNC(N)=O)n5cc([C@H](Cc6ccc(F)cc6)NC(=O)OCc6ccccc6)nn5)cc4)CC3)=CC21. The van der Waals surface area contributed by atoms with Gasteiger partial charge >= 0.3 is 24.2 Å². The molecule has 1 aromatic heterocycles. The monoisotopic (exact) mass is 936 g/mol. The Kier molecular flexibility index (Phi) is 16.0. The third-order valence-electron chi connectivity index (χ3n) is 12.0. The van der Waals surface area contributed by atoms with E-state index in [1.165, 1.54) is 24.4 Å². The second-order valence-corrected chi connectivity index (χ2v) is 16.5. The number of urea groups is 1. The zero-order valence-electron chi connectivity index (χ0n) is 37.4. The Labute approximate surface area is 391 Å². The predicted octanol–water partition coefficient (Wildman–Crippen LogP) is 5.59. The van der Waals surface area contributed by atoms with Gasteiger partial charge in [0.2, 0.25) is 0 Å². The van der Waals surface area contributed by atoms with Gasteiger partial charge in [-0.25, -0.2) is 32.6 Å². The molecule has 6 N–H and O–H groups in total. The number of amides is 4. The molecule has 20 heteroatoms. The summed E-state index contributed by atoms with van der Waals surface area (Å²) in [5.41, 5.74) is 8.78. The Balaban J connectivity index is 0.929. The van der Waals surface area contributed by atoms with Gasteiger partial charge in [0, 0.05) is 57.7 Å². The van der Waals surface area contributed by atoms with Gasteiger partial charge in [-0.1, -0.05) is 59.8 Å². The number of rotatable bonds is 19. The number of carbonyl (C=O) groups is 5. The highest BCUT2D eigenvalue weighted by Crippen LogP contribution is 2.35. The van der Waals surface area contributed by atoms with E-state index < -0.39 is 53.8 Å². The van der Waals surface area contributed by atoms with Crippen molar-refractivity contribution in [2.75, 3.05) is 51.1 Å². The summed E-state index contributed by atoms with van der Waals surface area (Å²) in [6.07, 6.45) is 6.16. The van der Waals surface area contributed by atoms with Gasteiger partial charge in [-0.15, -0.1) is 5.10 Å². The Morgan fingerprint density at radius 3 is 2.28 bits per heavy atom. The topological polar surface area (TPSA) is 227 Å². The minimum Gasteiger partial charge on any atom is -0.478 e. The summed E-state index contributed by atoms with van der Waals surface area (Å²) in [6, 6.07) is 20.5. The molecule has 2 unspecified atom stereocenters. The number of nitrogens with one attached hydrogen (secondary N) is 3. The van der Waals surface area contributed by atoms with Gasteiger partial charge in [-0.05, 0) is 79.3 Å². The van der Waals surface area contributed by atoms with Gasteiger partial charge in [0.1, 0.15) is 36.1 Å². The number of nitrogens with two attached hydrogens (primary N) is 1. The Hall–Kier alpha value is -7.77. The first-order valence-electron chi connectivity index (χ1n) is 22.4. The standard InChI is InChI=1S/C48H54F2N10O8/c1-2-57-27-38(45(62)63)44(61)37-24-39(50)43(25-42(37)57)58-19-21-59(22-20-58)48(66)68-30-33-12-16-35(17-13-33)53-26-36(9-6-18-52-46(51)64)60-28-41(55-56-60)40(23-31-10-14-34(49)15-11-31)54-47(65)67-29-32-7-4-3-5-8-32/h3-5,7-8,10-17,24-25,27-28,36-37,40,42,53H,2,6,9,18-23,26,29-30H2,1H3,(H,54,65)(H,62,63)(H3,51,52,64)/t36-,37?,40-,42?/m0/s1. The van der Waals surface area contributed by atoms with Crippen LogP contribution >= 0.6 is 0 Å². The minimum absolute atomic E-state index is 0.0157. The lowest BCUT2D eigenvalue weighted by atomic mass is 9.82. The van der Waals surface area contributed by atoms with Crippen molar-refractivity contribution in [2.24, 2.45) is 11.7 Å². The maximum absolute atomic E-state index is 15.4. The highest BCUT2D eigenvalue weighted by Gasteiger charge is 2.41. The van der Waals surface area contributed by atoms with Gasteiger partial charge < -0.3 is 51.0 Å². The molecule has 1 saturated heterocycles. The molecule has 4 atom stereocenters. The lowest BCUT2D eigenvalue weighted by molar-refractivity contribution is -0.136. The average molecular weight is 937 g/mol. The number of anilines is 1. The van der Waals surface area contributed by atoms with Gasteiger partial charge in [0.25, 0.3) is 0 Å². The molecule has 0 saturated carbocycles. The number of hydrogen-bond donors (Lipinski definition) is 5. The van der Waals surface area contributed by atoms with Crippen molar-refractivity contribution in [3.05, 3.63) is 149 Å². The first kappa shape index (κ1) is 48.2. The van der Waals surface area contributed by atoms with E-state index in [1.54, 1.807) is 38.9 Å². The number of alkyl carbamates (subject to hydrolysis) is 1. The molecule has 3 aliphatic rings. The fraction of sp³-hybridized carbons (Fsp3) is 0.354. The van der Waals surface area contributed by atoms with Gasteiger partial charge in [-0.3, -0.25) is 4.79 Å². The zero-order chi connectivity index (χ0) is 48.2. The molecule has 358 valence electrons. The molecule has 4 aromatic rings. The van der Waals surface area contributed by atoms with Crippen molar-refractivity contribution in [1.29, 1.82) is 0 Å². The molecular weight excluding hydrogens is 883 g/mol. The fourth-order valence-electron chi connectivity index (χ4n) is 8.25. The van der Waals surface area contributed by atoms with Crippen molar-refractivity contribution in [2.45, 2.75) is 57.5 Å². The van der Waals surface area contributed by atoms with Gasteiger partial charge in [0.05, 0.1) is 35.9 Å². The number of aromatic nitrogens is 3. The highest BCUT2D eigenvalue weighted by atomic mass is 19.1. The van der Waals surface area contributed by atoms with Gasteiger partial charge in [-0.2, -0.15) is 0 Å². The quantitative estimate of drug-likeness (QED) is 0.0572. The van der Waals surface area contributed by atoms with Crippen molar-refractivity contribution in [3.8, 4) is 0 Å². The molecule has 18 nitrogen and oxygen atoms in total. The molecule has 2 aliphatic heterocycles. The predicted molar refractivity (Wildman–Crippen MR) is 244 cm³/mol. The largest absolute Gasteiger partial charge is 0.478 e. The van der Waals surface area contributed by atoms with Gasteiger partial charge in [0.15, 0.2) is 5.78 Å². The lowest BCUT2D eigenvalue weighted by Gasteiger charge is -2.42. The molecule has 0 radical (unpaired) electrons. The Morgan fingerprint density at radius 2 is 1.59 bits per heavy atom. The number of piperazine rings is 1. The van der Waals surface area contributed by atoms with E-state index in [0.29, 0.717) is 57.0 Å². The molecule has 3 heterocycles. The van der Waals surface area contributed by atoms with Crippen molar-refractivity contribution >= 4 is 35.7 Å². The van der Waals surface area contributed by atoms with Crippen LogP contribution in [0.15, 0.2) is 121 Å². The number of likely N-dealkylation sites (N-methyl/N-ethyl adjacent to an activating group) is 1. The van der Waals surface area contributed by atoms with Crippen molar-refractivity contribution in [3.63, 3.8) is 0 Å². The molecular formula is C48H54F2N10O8. The van der Waals surface area contributed by atoms with E-state index in [0.717, 1.165) is 22.4 Å². The van der Waals surface area contributed by atoms with E-state index in [1.807, 2.05) is 66.4 Å². The van der Waals surface area contributed by atoms with Crippen molar-refractivity contribution < 1.29 is 47.3 Å². The molecule has 3 aromatic carbocycles. The second-order valence-electron chi connectivity index (χ2n) is 16.5. The Bertz CT molecular complexity index is 2510. The molecule has 4 amide bonds. The third kappa shape index (κ3) is 12.6. The van der Waals surface area contributed by atoms with Crippen LogP contribution in [0.4, 0.5) is 28.9 Å². The molecule has 0 bridgehead atoms. The van der Waals surface area contributed by atoms with Crippen LogP contribution in [0.2, 0.25) is 0 Å². The summed E-state index contributed by atoms with van der Waals surface area (Å²) in [6.45, 7) is 4.27. The number of ether oxygens (including phenoxy) is 2. The summed E-state index contributed by atoms with van der Waals surface area (Å²) >= 11 is 0. The number of ketones is 1. The summed E-state index contributed by atoms with van der Waals surface area (Å²) in [5, 5.41) is 27.3. The number of carboxylic acid groups (broad SMARTS) is 1. The fourth-order valence-corrected chi connectivity index (χ4v) is 8.25.